The van der Waals surface area contributed by atoms with Crippen molar-refractivity contribution in [1.82, 2.24) is 9.13 Å². The van der Waals surface area contributed by atoms with Gasteiger partial charge in [0.2, 0.25) is 0 Å². The van der Waals surface area contributed by atoms with E-state index < -0.39 is 23.8 Å². The first-order chi connectivity index (χ1) is 23.7. The third kappa shape index (κ3) is 4.34. The van der Waals surface area contributed by atoms with Gasteiger partial charge in [0.05, 0.1) is 43.0 Å². The van der Waals surface area contributed by atoms with E-state index >= 15 is 0 Å². The lowest BCUT2D eigenvalue weighted by molar-refractivity contribution is -0.149. The fourth-order valence-electron chi connectivity index (χ4n) is 7.16. The predicted octanol–water partition coefficient (Wildman–Crippen LogP) is 6.30. The lowest BCUT2D eigenvalue weighted by Crippen LogP contribution is -2.30. The van der Waals surface area contributed by atoms with E-state index in [4.69, 9.17) is 14.2 Å². The molecule has 8 rings (SSSR count). The van der Waals surface area contributed by atoms with Crippen LogP contribution in [0.4, 0.5) is 5.69 Å². The van der Waals surface area contributed by atoms with E-state index in [0.717, 1.165) is 26.7 Å². The van der Waals surface area contributed by atoms with Crippen LogP contribution in [0.1, 0.15) is 43.0 Å². The summed E-state index contributed by atoms with van der Waals surface area (Å²) in [6, 6.07) is 23.9. The molecule has 49 heavy (non-hydrogen) atoms. The number of hydrogen-bond donors (Lipinski definition) is 0. The van der Waals surface area contributed by atoms with Gasteiger partial charge in [0.25, 0.3) is 11.8 Å². The summed E-state index contributed by atoms with van der Waals surface area (Å²) in [5.41, 5.74) is 5.43. The Morgan fingerprint density at radius 2 is 1.33 bits per heavy atom. The molecule has 2 aliphatic rings. The highest BCUT2D eigenvalue weighted by Crippen LogP contribution is 2.46. The molecule has 10 heteroatoms. The minimum absolute atomic E-state index is 0.181. The molecule has 0 saturated carbocycles. The van der Waals surface area contributed by atoms with Crippen molar-refractivity contribution < 1.29 is 33.4 Å². The summed E-state index contributed by atoms with van der Waals surface area (Å²) in [5, 5.41) is 1.57. The summed E-state index contributed by atoms with van der Waals surface area (Å²) in [6.07, 6.45) is 3.66. The molecule has 10 nitrogen and oxygen atoms in total. The number of hydrogen-bond acceptors (Lipinski definition) is 7. The van der Waals surface area contributed by atoms with E-state index in [1.54, 1.807) is 31.2 Å². The molecule has 0 saturated heterocycles. The molecule has 6 aromatic rings. The number of cyclic esters (lactones) is 2. The number of methoxy groups -OCH3 is 2. The number of fused-ring (bicyclic) bond motifs is 3. The molecule has 2 amide bonds. The molecule has 2 aromatic heterocycles. The van der Waals surface area contributed by atoms with E-state index in [1.807, 2.05) is 83.2 Å². The number of benzene rings is 4. The zero-order chi connectivity index (χ0) is 34.1. The van der Waals surface area contributed by atoms with Crippen LogP contribution in [0.5, 0.6) is 11.5 Å². The number of nitrogens with zero attached hydrogens (tertiary/aromatic N) is 3. The second-order valence-corrected chi connectivity index (χ2v) is 12.0. The molecule has 4 aromatic carbocycles. The lowest BCUT2D eigenvalue weighted by atomic mass is 9.95. The Kier molecular flexibility index (Phi) is 6.78. The predicted molar refractivity (Wildman–Crippen MR) is 184 cm³/mol. The van der Waals surface area contributed by atoms with E-state index in [9.17, 15) is 19.2 Å². The van der Waals surface area contributed by atoms with Gasteiger partial charge in [-0.05, 0) is 42.8 Å². The first-order valence-corrected chi connectivity index (χ1v) is 15.6. The minimum Gasteiger partial charge on any atom is -0.494 e. The quantitative estimate of drug-likeness (QED) is 0.113. The van der Waals surface area contributed by atoms with Gasteiger partial charge in [0, 0.05) is 57.9 Å². The van der Waals surface area contributed by atoms with Crippen molar-refractivity contribution >= 4 is 62.4 Å². The second kappa shape index (κ2) is 11.1. The molecule has 0 radical (unpaired) electrons. The van der Waals surface area contributed by atoms with Crippen LogP contribution in [0.15, 0.2) is 91.3 Å². The summed E-state index contributed by atoms with van der Waals surface area (Å²) in [7, 11) is 4.84. The number of rotatable bonds is 7. The average molecular weight is 652 g/mol. The first-order valence-electron chi connectivity index (χ1n) is 15.6. The number of anilines is 1. The Hall–Kier alpha value is -6.42. The topological polar surface area (TPSA) is 109 Å². The van der Waals surface area contributed by atoms with Gasteiger partial charge in [-0.3, -0.25) is 9.59 Å². The van der Waals surface area contributed by atoms with Crippen LogP contribution in [0.25, 0.3) is 33.0 Å². The Balaban J connectivity index is 1.29. The van der Waals surface area contributed by atoms with Crippen molar-refractivity contribution in [2.75, 3.05) is 19.1 Å². The summed E-state index contributed by atoms with van der Waals surface area (Å²) < 4.78 is 20.7. The van der Waals surface area contributed by atoms with Gasteiger partial charge in [0.1, 0.15) is 11.4 Å². The molecule has 242 valence electrons. The zero-order valence-electron chi connectivity index (χ0n) is 27.1. The van der Waals surface area contributed by atoms with Gasteiger partial charge in [-0.2, -0.15) is 0 Å². The van der Waals surface area contributed by atoms with Gasteiger partial charge in [-0.15, -0.1) is 0 Å². The van der Waals surface area contributed by atoms with Crippen LogP contribution in [0, 0.1) is 6.92 Å². The standard InChI is InChI=1S/C39H29N3O7/c1-21-10-9-13-25-31(21)37(44)42(36(25)43)34-30(47-3)17-16-22(35(34)48-4)18-41-20-27(24-12-6-8-15-29(24)41)33-32(38(45)49-39(33)46)26-19-40(2)28-14-7-5-11-23(26)28/h5-17,19-20H,18H2,1-4H3. The monoisotopic (exact) mass is 651 g/mol. The number of aryl methyl sites for hydroxylation is 2. The highest BCUT2D eigenvalue weighted by atomic mass is 16.6. The number of esters is 2. The maximum Gasteiger partial charge on any atom is 0.347 e. The maximum absolute atomic E-state index is 13.8. The highest BCUT2D eigenvalue weighted by molar-refractivity contribution is 6.47. The Morgan fingerprint density at radius 3 is 2.00 bits per heavy atom. The number of ether oxygens (including phenoxy) is 3. The number of imide groups is 1. The van der Waals surface area contributed by atoms with Crippen LogP contribution in [-0.4, -0.2) is 47.1 Å². The molecular weight excluding hydrogens is 622 g/mol. The normalized spacial score (nSPS) is 14.4. The van der Waals surface area contributed by atoms with E-state index in [2.05, 4.69) is 0 Å². The van der Waals surface area contributed by atoms with Gasteiger partial charge >= 0.3 is 11.9 Å². The molecule has 0 unspecified atom stereocenters. The van der Waals surface area contributed by atoms with E-state index in [-0.39, 0.29) is 29.1 Å². The van der Waals surface area contributed by atoms with Gasteiger partial charge in [-0.1, -0.05) is 48.5 Å². The van der Waals surface area contributed by atoms with Crippen molar-refractivity contribution in [2.45, 2.75) is 13.5 Å². The van der Waals surface area contributed by atoms with Crippen molar-refractivity contribution in [3.63, 3.8) is 0 Å². The molecule has 0 fully saturated rings. The second-order valence-electron chi connectivity index (χ2n) is 12.0. The van der Waals surface area contributed by atoms with Crippen LogP contribution in [0.3, 0.4) is 0 Å². The van der Waals surface area contributed by atoms with Crippen LogP contribution >= 0.6 is 0 Å². The van der Waals surface area contributed by atoms with E-state index in [1.165, 1.54) is 14.2 Å². The third-order valence-electron chi connectivity index (χ3n) is 9.36. The molecule has 0 aliphatic carbocycles. The molecule has 0 atom stereocenters. The third-order valence-corrected chi connectivity index (χ3v) is 9.36. The number of para-hydroxylation sites is 2. The fourth-order valence-corrected chi connectivity index (χ4v) is 7.16. The van der Waals surface area contributed by atoms with E-state index in [0.29, 0.717) is 39.1 Å². The molecule has 0 bridgehead atoms. The van der Waals surface area contributed by atoms with Crippen molar-refractivity contribution in [2.24, 2.45) is 7.05 Å². The van der Waals surface area contributed by atoms with Crippen LogP contribution < -0.4 is 14.4 Å². The number of carbonyl (C=O) groups is 4. The Morgan fingerprint density at radius 1 is 0.673 bits per heavy atom. The lowest BCUT2D eigenvalue weighted by Gasteiger charge is -2.23. The smallest absolute Gasteiger partial charge is 0.347 e. The minimum atomic E-state index is -0.721. The zero-order valence-corrected chi connectivity index (χ0v) is 27.1. The first kappa shape index (κ1) is 29.9. The van der Waals surface area contributed by atoms with Gasteiger partial charge in [0.15, 0.2) is 5.75 Å². The molecule has 0 spiro atoms. The average Bonchev–Trinajstić information content (AvgIpc) is 3.80. The Labute approximate surface area is 280 Å². The summed E-state index contributed by atoms with van der Waals surface area (Å²) in [5.74, 6) is -1.77. The summed E-state index contributed by atoms with van der Waals surface area (Å²) in [4.78, 5) is 55.3. The Bertz CT molecular complexity index is 2480. The molecule has 4 heterocycles. The van der Waals surface area contributed by atoms with Crippen LogP contribution in [0.2, 0.25) is 0 Å². The molecule has 2 aliphatic heterocycles. The van der Waals surface area contributed by atoms with Crippen molar-refractivity contribution in [3.8, 4) is 11.5 Å². The van der Waals surface area contributed by atoms with Crippen LogP contribution in [-0.2, 0) is 27.9 Å². The maximum atomic E-state index is 13.8. The highest BCUT2D eigenvalue weighted by Gasteiger charge is 2.42. The number of carbonyl (C=O) groups excluding carboxylic acids is 4. The van der Waals surface area contributed by atoms with Crippen molar-refractivity contribution in [3.05, 3.63) is 125 Å². The van der Waals surface area contributed by atoms with Gasteiger partial charge < -0.3 is 23.3 Å². The summed E-state index contributed by atoms with van der Waals surface area (Å²) >= 11 is 0. The van der Waals surface area contributed by atoms with Crippen molar-refractivity contribution in [1.29, 1.82) is 0 Å². The van der Waals surface area contributed by atoms with Gasteiger partial charge in [-0.25, -0.2) is 14.5 Å². The number of amides is 2. The SMILES string of the molecule is COc1ccc(Cn2cc(C3=C(c4cn(C)c5ccccc45)C(=O)OC3=O)c3ccccc32)c(OC)c1N1C(=O)c2cccc(C)c2C1=O. The fraction of sp³-hybridized carbons (Fsp3) is 0.128. The molecular formula is C39H29N3O7. The molecule has 0 N–H and O–H groups in total. The largest absolute Gasteiger partial charge is 0.494 e. The number of aromatic nitrogens is 2. The summed E-state index contributed by atoms with van der Waals surface area (Å²) in [6.45, 7) is 2.02.